The van der Waals surface area contributed by atoms with Crippen LogP contribution in [0, 0.1) is 5.92 Å². The first-order valence-corrected chi connectivity index (χ1v) is 10.9. The van der Waals surface area contributed by atoms with E-state index in [1.165, 1.54) is 0 Å². The zero-order valence-electron chi connectivity index (χ0n) is 16.3. The molecule has 164 valence electrons. The van der Waals surface area contributed by atoms with Crippen molar-refractivity contribution in [2.75, 3.05) is 12.4 Å². The van der Waals surface area contributed by atoms with Crippen molar-refractivity contribution in [3.8, 4) is 5.75 Å². The van der Waals surface area contributed by atoms with E-state index in [1.54, 1.807) is 6.92 Å². The van der Waals surface area contributed by atoms with Crippen LogP contribution in [0.5, 0.6) is 5.75 Å². The number of ether oxygens (including phenoxy) is 2. The van der Waals surface area contributed by atoms with Gasteiger partial charge in [-0.1, -0.05) is 19.8 Å². The van der Waals surface area contributed by atoms with E-state index in [1.807, 2.05) is 6.92 Å². The maximum absolute atomic E-state index is 13.5. The molecule has 1 aliphatic carbocycles. The van der Waals surface area contributed by atoms with Gasteiger partial charge in [-0.3, -0.25) is 0 Å². The zero-order chi connectivity index (χ0) is 21.9. The average Bonchev–Trinajstić information content (AvgIpc) is 3.14. The standard InChI is InChI=1S/C19H25F3O6S/c1-3-18(2,14-6-4-5-7-14)28-16-12-13(8-9-15(16)19(20,21)22)17(23)27-10-11-29(24,25)26/h8-9,12,14H,3-7,10-11H2,1-2H3,(H,24,25,26)/p-1. The minimum Gasteiger partial charge on any atom is -0.748 e. The van der Waals surface area contributed by atoms with E-state index < -0.39 is 51.5 Å². The van der Waals surface area contributed by atoms with Gasteiger partial charge in [0.15, 0.2) is 0 Å². The SMILES string of the molecule is CCC(C)(Oc1cc(C(=O)OCCS(=O)(=O)[O-])ccc1C(F)(F)F)C1CCCC1. The Balaban J connectivity index is 2.30. The second-order valence-corrected chi connectivity index (χ2v) is 8.88. The number of esters is 1. The van der Waals surface area contributed by atoms with Gasteiger partial charge in [-0.05, 0) is 50.3 Å². The van der Waals surface area contributed by atoms with Crippen LogP contribution in [0.25, 0.3) is 0 Å². The molecule has 1 aromatic carbocycles. The van der Waals surface area contributed by atoms with Crippen molar-refractivity contribution in [1.82, 2.24) is 0 Å². The molecule has 0 spiro atoms. The summed E-state index contributed by atoms with van der Waals surface area (Å²) < 4.78 is 82.7. The Kier molecular flexibility index (Phi) is 7.21. The third-order valence-corrected chi connectivity index (χ3v) is 6.02. The lowest BCUT2D eigenvalue weighted by Crippen LogP contribution is -2.39. The molecule has 29 heavy (non-hydrogen) atoms. The summed E-state index contributed by atoms with van der Waals surface area (Å²) in [4.78, 5) is 12.1. The van der Waals surface area contributed by atoms with Crippen LogP contribution < -0.4 is 4.74 Å². The van der Waals surface area contributed by atoms with Gasteiger partial charge in [0.05, 0.1) is 27.0 Å². The average molecular weight is 437 g/mol. The molecule has 0 aliphatic heterocycles. The van der Waals surface area contributed by atoms with E-state index in [2.05, 4.69) is 4.74 Å². The molecule has 6 nitrogen and oxygen atoms in total. The second-order valence-electron chi connectivity index (χ2n) is 7.36. The Hall–Kier alpha value is -1.81. The van der Waals surface area contributed by atoms with Gasteiger partial charge >= 0.3 is 12.1 Å². The zero-order valence-corrected chi connectivity index (χ0v) is 17.1. The molecule has 1 atom stereocenters. The number of hydrogen-bond donors (Lipinski definition) is 0. The Morgan fingerprint density at radius 1 is 1.24 bits per heavy atom. The lowest BCUT2D eigenvalue weighted by molar-refractivity contribution is -0.140. The summed E-state index contributed by atoms with van der Waals surface area (Å²) in [7, 11) is -4.57. The summed E-state index contributed by atoms with van der Waals surface area (Å²) in [5.74, 6) is -2.32. The summed E-state index contributed by atoms with van der Waals surface area (Å²) in [6.45, 7) is 2.93. The normalized spacial score (nSPS) is 17.7. The van der Waals surface area contributed by atoms with Crippen molar-refractivity contribution >= 4 is 16.1 Å². The van der Waals surface area contributed by atoms with Crippen LogP contribution in [0.1, 0.15) is 61.9 Å². The van der Waals surface area contributed by atoms with Gasteiger partial charge in [0, 0.05) is 0 Å². The van der Waals surface area contributed by atoms with Gasteiger partial charge in [-0.2, -0.15) is 13.2 Å². The van der Waals surface area contributed by atoms with E-state index in [0.717, 1.165) is 43.9 Å². The summed E-state index contributed by atoms with van der Waals surface area (Å²) in [6, 6.07) is 2.63. The summed E-state index contributed by atoms with van der Waals surface area (Å²) in [6.07, 6.45) is -0.493. The quantitative estimate of drug-likeness (QED) is 0.448. The van der Waals surface area contributed by atoms with Crippen molar-refractivity contribution in [2.24, 2.45) is 5.92 Å². The van der Waals surface area contributed by atoms with Crippen molar-refractivity contribution in [1.29, 1.82) is 0 Å². The predicted octanol–water partition coefficient (Wildman–Crippen LogP) is 4.15. The van der Waals surface area contributed by atoms with Gasteiger partial charge in [0.25, 0.3) is 0 Å². The van der Waals surface area contributed by atoms with Crippen LogP contribution in [0.2, 0.25) is 0 Å². The highest BCUT2D eigenvalue weighted by Gasteiger charge is 2.40. The smallest absolute Gasteiger partial charge is 0.419 e. The van der Waals surface area contributed by atoms with Crippen LogP contribution in [-0.4, -0.2) is 36.9 Å². The molecule has 1 saturated carbocycles. The monoisotopic (exact) mass is 437 g/mol. The molecule has 1 aliphatic rings. The highest BCUT2D eigenvalue weighted by molar-refractivity contribution is 7.85. The molecule has 1 unspecified atom stereocenters. The Morgan fingerprint density at radius 2 is 1.86 bits per heavy atom. The Labute approximate surface area is 168 Å². The van der Waals surface area contributed by atoms with E-state index >= 15 is 0 Å². The van der Waals surface area contributed by atoms with Crippen molar-refractivity contribution in [2.45, 2.75) is 57.7 Å². The number of rotatable bonds is 8. The number of halogens is 3. The Bertz CT molecular complexity index is 831. The molecule has 1 fully saturated rings. The number of alkyl halides is 3. The van der Waals surface area contributed by atoms with Gasteiger partial charge in [0.1, 0.15) is 18.0 Å². The maximum Gasteiger partial charge on any atom is 0.419 e. The Morgan fingerprint density at radius 3 is 2.38 bits per heavy atom. The predicted molar refractivity (Wildman–Crippen MR) is 97.6 cm³/mol. The lowest BCUT2D eigenvalue weighted by atomic mass is 9.85. The minimum atomic E-state index is -4.68. The van der Waals surface area contributed by atoms with Gasteiger partial charge < -0.3 is 14.0 Å². The number of carbonyl (C=O) groups is 1. The molecule has 2 rings (SSSR count). The van der Waals surface area contributed by atoms with E-state index in [4.69, 9.17) is 4.74 Å². The number of benzene rings is 1. The third-order valence-electron chi connectivity index (χ3n) is 5.35. The molecule has 0 saturated heterocycles. The van der Waals surface area contributed by atoms with Crippen LogP contribution in [0.3, 0.4) is 0 Å². The lowest BCUT2D eigenvalue weighted by Gasteiger charge is -2.36. The van der Waals surface area contributed by atoms with Gasteiger partial charge in [-0.15, -0.1) is 0 Å². The van der Waals surface area contributed by atoms with Gasteiger partial charge in [-0.25, -0.2) is 13.2 Å². The maximum atomic E-state index is 13.5. The largest absolute Gasteiger partial charge is 0.748 e. The molecule has 1 aromatic rings. The van der Waals surface area contributed by atoms with E-state index in [0.29, 0.717) is 6.42 Å². The van der Waals surface area contributed by atoms with Crippen molar-refractivity contribution in [3.05, 3.63) is 29.3 Å². The van der Waals surface area contributed by atoms with Crippen molar-refractivity contribution < 1.29 is 40.4 Å². The molecular weight excluding hydrogens is 413 g/mol. The molecule has 10 heteroatoms. The molecule has 0 aromatic heterocycles. The fraction of sp³-hybridized carbons (Fsp3) is 0.632. The van der Waals surface area contributed by atoms with E-state index in [-0.39, 0.29) is 11.5 Å². The first-order valence-electron chi connectivity index (χ1n) is 9.36. The second kappa shape index (κ2) is 8.91. The number of hydrogen-bond acceptors (Lipinski definition) is 6. The molecular formula is C19H24F3O6S-. The van der Waals surface area contributed by atoms with E-state index in [9.17, 15) is 30.9 Å². The molecule has 0 N–H and O–H groups in total. The fourth-order valence-electron chi connectivity index (χ4n) is 3.52. The summed E-state index contributed by atoms with van der Waals surface area (Å²) in [5, 5.41) is 0. The third kappa shape index (κ3) is 6.33. The van der Waals surface area contributed by atoms with Crippen LogP contribution in [-0.2, 0) is 21.0 Å². The first kappa shape index (κ1) is 23.5. The number of carbonyl (C=O) groups excluding carboxylic acids is 1. The van der Waals surface area contributed by atoms with Crippen molar-refractivity contribution in [3.63, 3.8) is 0 Å². The summed E-state index contributed by atoms with van der Waals surface area (Å²) >= 11 is 0. The topological polar surface area (TPSA) is 92.7 Å². The molecule has 0 amide bonds. The van der Waals surface area contributed by atoms with Gasteiger partial charge in [0.2, 0.25) is 0 Å². The minimum absolute atomic E-state index is 0.103. The molecule has 0 bridgehead atoms. The summed E-state index contributed by atoms with van der Waals surface area (Å²) in [5.41, 5.74) is -2.05. The highest BCUT2D eigenvalue weighted by atomic mass is 32.2. The fourth-order valence-corrected chi connectivity index (χ4v) is 3.81. The highest BCUT2D eigenvalue weighted by Crippen LogP contribution is 2.43. The first-order chi connectivity index (χ1) is 13.4. The van der Waals surface area contributed by atoms with Crippen LogP contribution in [0.15, 0.2) is 18.2 Å². The molecule has 0 radical (unpaired) electrons. The van der Waals surface area contributed by atoms with Crippen LogP contribution >= 0.6 is 0 Å². The molecule has 0 heterocycles. The van der Waals surface area contributed by atoms with Crippen LogP contribution in [0.4, 0.5) is 13.2 Å².